The largest absolute Gasteiger partial charge is 0.398 e. The topological polar surface area (TPSA) is 133 Å². The van der Waals surface area contributed by atoms with Gasteiger partial charge in [-0.25, -0.2) is 8.42 Å². The quantitative estimate of drug-likeness (QED) is 0.556. The van der Waals surface area contributed by atoms with Crippen molar-refractivity contribution in [2.75, 3.05) is 39.0 Å². The summed E-state index contributed by atoms with van der Waals surface area (Å²) in [5, 5.41) is 0.106. The van der Waals surface area contributed by atoms with E-state index < -0.39 is 22.0 Å². The van der Waals surface area contributed by atoms with Gasteiger partial charge in [-0.3, -0.25) is 14.4 Å². The van der Waals surface area contributed by atoms with Crippen LogP contribution in [0.1, 0.15) is 26.2 Å². The predicted molar refractivity (Wildman–Crippen MR) is 119 cm³/mol. The van der Waals surface area contributed by atoms with Crippen molar-refractivity contribution < 1.29 is 22.8 Å². The zero-order valence-corrected chi connectivity index (χ0v) is 19.7. The number of benzene rings is 1. The van der Waals surface area contributed by atoms with Crippen LogP contribution in [0.15, 0.2) is 23.1 Å². The summed E-state index contributed by atoms with van der Waals surface area (Å²) in [5.74, 6) is -0.717. The van der Waals surface area contributed by atoms with E-state index in [4.69, 9.17) is 17.3 Å². The summed E-state index contributed by atoms with van der Waals surface area (Å²) in [4.78, 5) is 41.8. The molecule has 1 aromatic carbocycles. The predicted octanol–water partition coefficient (Wildman–Crippen LogP) is 0.271. The molecule has 2 atom stereocenters. The fraction of sp³-hybridized carbons (Fsp3) is 0.550. The standard InChI is InChI=1S/C20H28ClN5O5S/c1-13(27)24(2)14-7-9-25(11-14)19(28)12-26-8-3-4-18(20(26)29)23-32(30,31)15-5-6-17(22)16(21)10-15/h5-6,10,14,18,23H,3-4,7-9,11-12,22H2,1-2H3. The summed E-state index contributed by atoms with van der Waals surface area (Å²) in [5.41, 5.74) is 5.88. The molecule has 12 heteroatoms. The number of likely N-dealkylation sites (tertiary alicyclic amines) is 2. The highest BCUT2D eigenvalue weighted by atomic mass is 35.5. The van der Waals surface area contributed by atoms with E-state index in [1.54, 1.807) is 16.8 Å². The van der Waals surface area contributed by atoms with E-state index in [1.807, 2.05) is 0 Å². The zero-order chi connectivity index (χ0) is 23.6. The van der Waals surface area contributed by atoms with Crippen LogP contribution in [0, 0.1) is 0 Å². The van der Waals surface area contributed by atoms with Gasteiger partial charge in [0.15, 0.2) is 0 Å². The number of carbonyl (C=O) groups excluding carboxylic acids is 3. The van der Waals surface area contributed by atoms with Crippen LogP contribution in [-0.4, -0.2) is 86.1 Å². The van der Waals surface area contributed by atoms with Gasteiger partial charge in [-0.2, -0.15) is 4.72 Å². The van der Waals surface area contributed by atoms with Crippen molar-refractivity contribution in [1.29, 1.82) is 0 Å². The number of carbonyl (C=O) groups is 3. The Morgan fingerprint density at radius 3 is 2.66 bits per heavy atom. The maximum atomic E-state index is 12.9. The molecule has 3 N–H and O–H groups in total. The number of piperidine rings is 1. The maximum absolute atomic E-state index is 12.9. The second-order valence-electron chi connectivity index (χ2n) is 8.17. The van der Waals surface area contributed by atoms with E-state index in [0.29, 0.717) is 38.9 Å². The number of nitrogens with zero attached hydrogens (tertiary/aromatic N) is 3. The summed E-state index contributed by atoms with van der Waals surface area (Å²) in [6, 6.07) is 2.93. The molecule has 0 saturated carbocycles. The number of rotatable bonds is 6. The Bertz CT molecular complexity index is 1020. The van der Waals surface area contributed by atoms with Crippen LogP contribution in [0.4, 0.5) is 5.69 Å². The molecular formula is C20H28ClN5O5S. The third kappa shape index (κ3) is 5.33. The smallest absolute Gasteiger partial charge is 0.242 e. The zero-order valence-electron chi connectivity index (χ0n) is 18.1. The number of nitrogens with one attached hydrogen (secondary N) is 1. The molecule has 3 rings (SSSR count). The average molecular weight is 486 g/mol. The summed E-state index contributed by atoms with van der Waals surface area (Å²) in [7, 11) is -2.29. The molecule has 176 valence electrons. The molecule has 2 fully saturated rings. The highest BCUT2D eigenvalue weighted by Crippen LogP contribution is 2.23. The molecule has 10 nitrogen and oxygen atoms in total. The lowest BCUT2D eigenvalue weighted by molar-refractivity contribution is -0.142. The van der Waals surface area contributed by atoms with E-state index in [0.717, 1.165) is 0 Å². The van der Waals surface area contributed by atoms with Gasteiger partial charge in [-0.05, 0) is 37.5 Å². The molecule has 0 aliphatic carbocycles. The molecule has 0 bridgehead atoms. The first-order valence-electron chi connectivity index (χ1n) is 10.4. The van der Waals surface area contributed by atoms with Gasteiger partial charge in [0, 0.05) is 33.6 Å². The molecule has 2 unspecified atom stereocenters. The van der Waals surface area contributed by atoms with Crippen molar-refractivity contribution in [2.24, 2.45) is 0 Å². The van der Waals surface area contributed by atoms with Gasteiger partial charge in [0.25, 0.3) is 0 Å². The molecule has 0 spiro atoms. The fourth-order valence-corrected chi connectivity index (χ4v) is 5.44. The minimum Gasteiger partial charge on any atom is -0.398 e. The van der Waals surface area contributed by atoms with Gasteiger partial charge in [-0.1, -0.05) is 11.6 Å². The molecule has 32 heavy (non-hydrogen) atoms. The minimum atomic E-state index is -3.99. The Kier molecular flexibility index (Phi) is 7.31. The molecular weight excluding hydrogens is 458 g/mol. The molecule has 1 aromatic rings. The van der Waals surface area contributed by atoms with E-state index in [1.165, 1.54) is 30.0 Å². The number of halogens is 1. The molecule has 2 saturated heterocycles. The van der Waals surface area contributed by atoms with Crippen LogP contribution in [0.3, 0.4) is 0 Å². The molecule has 2 aliphatic heterocycles. The molecule has 0 aromatic heterocycles. The first-order valence-corrected chi connectivity index (χ1v) is 12.2. The van der Waals surface area contributed by atoms with Crippen molar-refractivity contribution in [3.8, 4) is 0 Å². The van der Waals surface area contributed by atoms with Crippen molar-refractivity contribution in [2.45, 2.75) is 43.2 Å². The highest BCUT2D eigenvalue weighted by molar-refractivity contribution is 7.89. The van der Waals surface area contributed by atoms with E-state index in [2.05, 4.69) is 4.72 Å². The van der Waals surface area contributed by atoms with Crippen LogP contribution in [0.2, 0.25) is 5.02 Å². The molecule has 2 heterocycles. The Balaban J connectivity index is 1.62. The number of nitrogen functional groups attached to an aromatic ring is 1. The lowest BCUT2D eigenvalue weighted by Crippen LogP contribution is -2.54. The van der Waals surface area contributed by atoms with Crippen LogP contribution in [0.5, 0.6) is 0 Å². The Morgan fingerprint density at radius 1 is 1.28 bits per heavy atom. The first kappa shape index (κ1) is 24.3. The fourth-order valence-electron chi connectivity index (χ4n) is 3.94. The lowest BCUT2D eigenvalue weighted by atomic mass is 10.1. The monoisotopic (exact) mass is 485 g/mol. The second kappa shape index (κ2) is 9.63. The first-order chi connectivity index (χ1) is 15.0. The van der Waals surface area contributed by atoms with Crippen LogP contribution < -0.4 is 10.5 Å². The summed E-state index contributed by atoms with van der Waals surface area (Å²) in [6.45, 7) is 2.67. The average Bonchev–Trinajstić information content (AvgIpc) is 3.22. The van der Waals surface area contributed by atoms with E-state index >= 15 is 0 Å². The van der Waals surface area contributed by atoms with E-state index in [9.17, 15) is 22.8 Å². The van der Waals surface area contributed by atoms with Crippen LogP contribution in [0.25, 0.3) is 0 Å². The van der Waals surface area contributed by atoms with E-state index in [-0.39, 0.29) is 40.0 Å². The number of amides is 3. The van der Waals surface area contributed by atoms with Crippen molar-refractivity contribution in [1.82, 2.24) is 19.4 Å². The molecule has 3 amide bonds. The normalized spacial score (nSPS) is 21.7. The number of hydrogen-bond acceptors (Lipinski definition) is 6. The van der Waals surface area contributed by atoms with Gasteiger partial charge in [0.2, 0.25) is 27.7 Å². The maximum Gasteiger partial charge on any atom is 0.242 e. The SMILES string of the molecule is CC(=O)N(C)C1CCN(C(=O)CN2CCCC(NS(=O)(=O)c3ccc(N)c(Cl)c3)C2=O)C1. The Labute approximate surface area is 192 Å². The molecule has 0 radical (unpaired) electrons. The Hall–Kier alpha value is -2.37. The third-order valence-corrected chi connectivity index (χ3v) is 7.79. The summed E-state index contributed by atoms with van der Waals surface area (Å²) < 4.78 is 27.9. The lowest BCUT2D eigenvalue weighted by Gasteiger charge is -2.33. The summed E-state index contributed by atoms with van der Waals surface area (Å²) >= 11 is 5.92. The second-order valence-corrected chi connectivity index (χ2v) is 10.3. The number of sulfonamides is 1. The van der Waals surface area contributed by atoms with Crippen LogP contribution >= 0.6 is 11.6 Å². The third-order valence-electron chi connectivity index (χ3n) is 6.00. The van der Waals surface area contributed by atoms with Crippen molar-refractivity contribution in [3.63, 3.8) is 0 Å². The van der Waals surface area contributed by atoms with Gasteiger partial charge in [0.1, 0.15) is 6.04 Å². The Morgan fingerprint density at radius 2 is 2.00 bits per heavy atom. The van der Waals surface area contributed by atoms with Gasteiger partial charge < -0.3 is 20.4 Å². The van der Waals surface area contributed by atoms with Gasteiger partial charge in [0.05, 0.1) is 28.2 Å². The molecule has 2 aliphatic rings. The number of likely N-dealkylation sites (N-methyl/N-ethyl adjacent to an activating group) is 1. The van der Waals surface area contributed by atoms with Crippen molar-refractivity contribution >= 4 is 45.0 Å². The number of anilines is 1. The van der Waals surface area contributed by atoms with Gasteiger partial charge in [-0.15, -0.1) is 0 Å². The number of nitrogens with two attached hydrogens (primary N) is 1. The van der Waals surface area contributed by atoms with Crippen molar-refractivity contribution in [3.05, 3.63) is 23.2 Å². The number of hydrogen-bond donors (Lipinski definition) is 2. The minimum absolute atomic E-state index is 0.0419. The van der Waals surface area contributed by atoms with Gasteiger partial charge >= 0.3 is 0 Å². The highest BCUT2D eigenvalue weighted by Gasteiger charge is 2.36. The summed E-state index contributed by atoms with van der Waals surface area (Å²) in [6.07, 6.45) is 1.58. The van der Waals surface area contributed by atoms with Crippen LogP contribution in [-0.2, 0) is 24.4 Å².